The van der Waals surface area contributed by atoms with Gasteiger partial charge in [0.2, 0.25) is 0 Å². The molecule has 0 N–H and O–H groups in total. The summed E-state index contributed by atoms with van der Waals surface area (Å²) in [6, 6.07) is 15.6. The molecule has 41 heavy (non-hydrogen) atoms. The van der Waals surface area contributed by atoms with Crippen molar-refractivity contribution in [3.8, 4) is 12.1 Å². The Hall–Kier alpha value is -3.61. The highest BCUT2D eigenvalue weighted by molar-refractivity contribution is 6.62. The molecule has 1 amide bonds. The maximum atomic E-state index is 12.0. The largest absolute Gasteiger partial charge is 0.462 e. The number of ether oxygens (including phenoxy) is 1. The van der Waals surface area contributed by atoms with Gasteiger partial charge in [0.25, 0.3) is 0 Å². The number of aryl methyl sites for hydroxylation is 1. The normalized spacial score (nSPS) is 21.2. The third-order valence-corrected chi connectivity index (χ3v) is 9.08. The van der Waals surface area contributed by atoms with E-state index in [9.17, 15) is 10.1 Å². The lowest BCUT2D eigenvalue weighted by Gasteiger charge is -2.41. The van der Waals surface area contributed by atoms with Gasteiger partial charge in [0.15, 0.2) is 0 Å². The van der Waals surface area contributed by atoms with Crippen molar-refractivity contribution >= 4 is 39.2 Å². The van der Waals surface area contributed by atoms with Crippen LogP contribution in [0.5, 0.6) is 6.01 Å². The number of aromatic nitrogens is 2. The number of carbonyl (C=O) groups excluding carboxylic acids is 1. The second-order valence-corrected chi connectivity index (χ2v) is 11.7. The van der Waals surface area contributed by atoms with E-state index in [1.54, 1.807) is 4.90 Å². The number of likely N-dealkylation sites (N-methyl/N-ethyl adjacent to an activating group) is 1. The van der Waals surface area contributed by atoms with E-state index in [2.05, 4.69) is 71.1 Å². The van der Waals surface area contributed by atoms with Crippen molar-refractivity contribution in [2.24, 2.45) is 0 Å². The Morgan fingerprint density at radius 3 is 2.68 bits per heavy atom. The molecular formula is C31H36ClN7O2. The number of carbonyl (C=O) groups is 1. The summed E-state index contributed by atoms with van der Waals surface area (Å²) in [5.74, 6) is 0.850. The molecule has 214 valence electrons. The van der Waals surface area contributed by atoms with Gasteiger partial charge in [0.1, 0.15) is 12.4 Å². The van der Waals surface area contributed by atoms with Gasteiger partial charge in [-0.3, -0.25) is 4.79 Å². The summed E-state index contributed by atoms with van der Waals surface area (Å²) in [6.07, 6.45) is 3.28. The highest BCUT2D eigenvalue weighted by atomic mass is 35.5. The van der Waals surface area contributed by atoms with Crippen LogP contribution in [0.3, 0.4) is 0 Å². The SMILES string of the molecule is Cc1cccc2cccc(N3CCc4c(nc(OCC5CCCN5C)nc4N4CCN(C(=O)Cl)C(CC#N)C4)C3)c12. The molecule has 0 radical (unpaired) electrons. The molecule has 0 spiro atoms. The zero-order chi connectivity index (χ0) is 28.5. The van der Waals surface area contributed by atoms with E-state index >= 15 is 0 Å². The van der Waals surface area contributed by atoms with Crippen molar-refractivity contribution in [1.29, 1.82) is 5.26 Å². The number of nitrogens with zero attached hydrogens (tertiary/aromatic N) is 7. The maximum Gasteiger partial charge on any atom is 0.318 e. The van der Waals surface area contributed by atoms with Gasteiger partial charge in [-0.05, 0) is 68.4 Å². The molecule has 0 aliphatic carbocycles. The van der Waals surface area contributed by atoms with Gasteiger partial charge in [-0.1, -0.05) is 30.3 Å². The molecule has 0 bridgehead atoms. The van der Waals surface area contributed by atoms with Crippen LogP contribution in [0.15, 0.2) is 36.4 Å². The zero-order valence-electron chi connectivity index (χ0n) is 23.7. The number of nitriles is 1. The number of amides is 1. The van der Waals surface area contributed by atoms with Gasteiger partial charge >= 0.3 is 11.4 Å². The van der Waals surface area contributed by atoms with Gasteiger partial charge in [-0.2, -0.15) is 15.2 Å². The van der Waals surface area contributed by atoms with Crippen LogP contribution in [-0.4, -0.2) is 83.6 Å². The van der Waals surface area contributed by atoms with Crippen LogP contribution in [0.1, 0.15) is 36.1 Å². The van der Waals surface area contributed by atoms with Crippen LogP contribution in [0.2, 0.25) is 0 Å². The minimum atomic E-state index is -0.514. The summed E-state index contributed by atoms with van der Waals surface area (Å²) in [7, 11) is 2.14. The quantitative estimate of drug-likeness (QED) is 0.309. The van der Waals surface area contributed by atoms with E-state index in [0.717, 1.165) is 43.0 Å². The first-order chi connectivity index (χ1) is 19.9. The number of likely N-dealkylation sites (tertiary alicyclic amines) is 1. The summed E-state index contributed by atoms with van der Waals surface area (Å²) in [5.41, 5.74) is 4.55. The van der Waals surface area contributed by atoms with E-state index < -0.39 is 5.37 Å². The van der Waals surface area contributed by atoms with Gasteiger partial charge < -0.3 is 24.3 Å². The van der Waals surface area contributed by atoms with Crippen LogP contribution in [0.25, 0.3) is 10.8 Å². The smallest absolute Gasteiger partial charge is 0.318 e. The lowest BCUT2D eigenvalue weighted by molar-refractivity contribution is 0.185. The minimum Gasteiger partial charge on any atom is -0.462 e. The highest BCUT2D eigenvalue weighted by Gasteiger charge is 2.34. The van der Waals surface area contributed by atoms with Crippen LogP contribution in [-0.2, 0) is 13.0 Å². The Morgan fingerprint density at radius 1 is 1.10 bits per heavy atom. The lowest BCUT2D eigenvalue weighted by Crippen LogP contribution is -2.54. The second kappa shape index (κ2) is 11.7. The molecule has 6 rings (SSSR count). The predicted molar refractivity (Wildman–Crippen MR) is 161 cm³/mol. The lowest BCUT2D eigenvalue weighted by atomic mass is 9.99. The first-order valence-corrected chi connectivity index (χ1v) is 14.8. The van der Waals surface area contributed by atoms with Gasteiger partial charge in [0, 0.05) is 48.9 Å². The van der Waals surface area contributed by atoms with Crippen molar-refractivity contribution in [1.82, 2.24) is 19.8 Å². The van der Waals surface area contributed by atoms with E-state index in [0.29, 0.717) is 44.8 Å². The first-order valence-electron chi connectivity index (χ1n) is 14.5. The molecule has 3 aromatic rings. The van der Waals surface area contributed by atoms with Crippen LogP contribution in [0.4, 0.5) is 16.3 Å². The molecular weight excluding hydrogens is 538 g/mol. The molecule has 4 heterocycles. The number of hydrogen-bond acceptors (Lipinski definition) is 8. The number of rotatable bonds is 6. The fourth-order valence-electron chi connectivity index (χ4n) is 6.61. The molecule has 2 unspecified atom stereocenters. The van der Waals surface area contributed by atoms with E-state index in [-0.39, 0.29) is 12.5 Å². The van der Waals surface area contributed by atoms with Gasteiger partial charge in [0.05, 0.1) is 30.8 Å². The average molecular weight is 574 g/mol. The van der Waals surface area contributed by atoms with Crippen molar-refractivity contribution in [2.45, 2.75) is 51.2 Å². The summed E-state index contributed by atoms with van der Waals surface area (Å²) in [5, 5.41) is 11.4. The van der Waals surface area contributed by atoms with E-state index in [4.69, 9.17) is 26.3 Å². The monoisotopic (exact) mass is 573 g/mol. The number of anilines is 2. The molecule has 2 atom stereocenters. The van der Waals surface area contributed by atoms with Crippen molar-refractivity contribution in [2.75, 3.05) is 56.2 Å². The molecule has 9 nitrogen and oxygen atoms in total. The summed E-state index contributed by atoms with van der Waals surface area (Å²) >= 11 is 5.87. The number of piperazine rings is 1. The Kier molecular flexibility index (Phi) is 7.87. The average Bonchev–Trinajstić information content (AvgIpc) is 3.39. The van der Waals surface area contributed by atoms with Gasteiger partial charge in [-0.25, -0.2) is 0 Å². The van der Waals surface area contributed by atoms with Crippen LogP contribution >= 0.6 is 11.6 Å². The molecule has 3 aliphatic heterocycles. The fourth-order valence-corrected chi connectivity index (χ4v) is 6.83. The second-order valence-electron chi connectivity index (χ2n) is 11.4. The maximum absolute atomic E-state index is 12.0. The zero-order valence-corrected chi connectivity index (χ0v) is 24.5. The highest BCUT2D eigenvalue weighted by Crippen LogP contribution is 2.36. The van der Waals surface area contributed by atoms with Gasteiger partial charge in [-0.15, -0.1) is 0 Å². The number of fused-ring (bicyclic) bond motifs is 2. The molecule has 1 aromatic heterocycles. The van der Waals surface area contributed by atoms with E-state index in [1.165, 1.54) is 28.4 Å². The Balaban J connectivity index is 1.34. The molecule has 10 heteroatoms. The van der Waals surface area contributed by atoms with Crippen LogP contribution in [0, 0.1) is 18.3 Å². The van der Waals surface area contributed by atoms with Crippen molar-refractivity contribution < 1.29 is 9.53 Å². The number of halogens is 1. The molecule has 0 saturated carbocycles. The number of hydrogen-bond donors (Lipinski definition) is 0. The van der Waals surface area contributed by atoms with Crippen molar-refractivity contribution in [3.05, 3.63) is 53.2 Å². The third kappa shape index (κ3) is 5.51. The predicted octanol–water partition coefficient (Wildman–Crippen LogP) is 4.74. The Bertz CT molecular complexity index is 1490. The molecule has 3 aliphatic rings. The molecule has 2 saturated heterocycles. The Labute approximate surface area is 246 Å². The minimum absolute atomic E-state index is 0.216. The number of benzene rings is 2. The topological polar surface area (TPSA) is 88.8 Å². The van der Waals surface area contributed by atoms with Crippen LogP contribution < -0.4 is 14.5 Å². The molecule has 2 fully saturated rings. The first kappa shape index (κ1) is 27.6. The van der Waals surface area contributed by atoms with Crippen molar-refractivity contribution in [3.63, 3.8) is 0 Å². The summed E-state index contributed by atoms with van der Waals surface area (Å²) < 4.78 is 6.27. The van der Waals surface area contributed by atoms with E-state index in [1.807, 2.05) is 0 Å². The summed E-state index contributed by atoms with van der Waals surface area (Å²) in [4.78, 5) is 30.5. The fraction of sp³-hybridized carbons (Fsp3) is 0.484. The Morgan fingerprint density at radius 2 is 1.93 bits per heavy atom. The summed E-state index contributed by atoms with van der Waals surface area (Å²) in [6.45, 7) is 6.80. The molecule has 2 aromatic carbocycles. The standard InChI is InChI=1S/C31H36ClN7O2/c1-21-6-3-7-22-8-4-10-27(28(21)22)37-15-12-25-26(19-37)34-31(41-20-24-9-5-14-36(24)2)35-29(25)38-16-17-39(30(32)40)23(18-38)11-13-33/h3-4,6-8,10,23-24H,5,9,11-12,14-20H2,1-2H3. The third-order valence-electron chi connectivity index (χ3n) is 8.87.